The Balaban J connectivity index is 1.46. The van der Waals surface area contributed by atoms with E-state index >= 15 is 0 Å². The van der Waals surface area contributed by atoms with Gasteiger partial charge >= 0.3 is 6.09 Å². The summed E-state index contributed by atoms with van der Waals surface area (Å²) in [7, 11) is 0. The molecular weight excluding hydrogens is 466 g/mol. The number of aromatic nitrogens is 3. The van der Waals surface area contributed by atoms with E-state index in [2.05, 4.69) is 10.3 Å². The molecule has 0 aliphatic carbocycles. The molecule has 1 saturated heterocycles. The first-order valence-electron chi connectivity index (χ1n) is 11.6. The largest absolute Gasteiger partial charge is 0.444 e. The van der Waals surface area contributed by atoms with Gasteiger partial charge in [-0.15, -0.1) is 0 Å². The van der Waals surface area contributed by atoms with Gasteiger partial charge in [-0.2, -0.15) is 16.4 Å². The number of hydrogen-bond acceptors (Lipinski definition) is 6. The molecule has 4 heterocycles. The summed E-state index contributed by atoms with van der Waals surface area (Å²) in [5.41, 5.74) is 2.39. The fourth-order valence-electron chi connectivity index (χ4n) is 4.45. The lowest BCUT2D eigenvalue weighted by molar-refractivity contribution is 0.0203. The van der Waals surface area contributed by atoms with Crippen LogP contribution >= 0.6 is 11.3 Å². The third kappa shape index (κ3) is 4.66. The summed E-state index contributed by atoms with van der Waals surface area (Å²) in [6, 6.07) is 8.83. The van der Waals surface area contributed by atoms with E-state index in [-0.39, 0.29) is 23.5 Å². The van der Waals surface area contributed by atoms with Crippen molar-refractivity contribution in [3.05, 3.63) is 62.7 Å². The highest BCUT2D eigenvalue weighted by Crippen LogP contribution is 2.32. The van der Waals surface area contributed by atoms with Crippen LogP contribution in [0.2, 0.25) is 0 Å². The van der Waals surface area contributed by atoms with Crippen molar-refractivity contribution in [1.82, 2.24) is 19.5 Å². The first-order chi connectivity index (χ1) is 16.7. The first kappa shape index (κ1) is 23.1. The van der Waals surface area contributed by atoms with Crippen molar-refractivity contribution in [2.24, 2.45) is 0 Å². The minimum absolute atomic E-state index is 0.0525. The van der Waals surface area contributed by atoms with E-state index in [0.717, 1.165) is 5.69 Å². The number of nitrogens with zero attached hydrogens (tertiary/aromatic N) is 3. The lowest BCUT2D eigenvalue weighted by Gasteiger charge is -2.33. The van der Waals surface area contributed by atoms with Crippen LogP contribution in [-0.4, -0.2) is 50.2 Å². The Bertz CT molecular complexity index is 1460. The molecular formula is C25H27N5O4S. The summed E-state index contributed by atoms with van der Waals surface area (Å²) < 4.78 is 7.26. The van der Waals surface area contributed by atoms with Crippen LogP contribution in [0.1, 0.15) is 55.6 Å². The van der Waals surface area contributed by atoms with Gasteiger partial charge in [-0.05, 0) is 57.2 Å². The maximum atomic E-state index is 12.7. The second kappa shape index (κ2) is 8.84. The summed E-state index contributed by atoms with van der Waals surface area (Å²) in [5.74, 6) is -0.164. The third-order valence-electron chi connectivity index (χ3n) is 6.06. The number of H-pyrrole nitrogens is 1. The van der Waals surface area contributed by atoms with Gasteiger partial charge in [0.25, 0.3) is 11.5 Å². The summed E-state index contributed by atoms with van der Waals surface area (Å²) in [5, 5.41) is 12.0. The van der Waals surface area contributed by atoms with Gasteiger partial charge in [-0.3, -0.25) is 9.59 Å². The number of carbonyl (C=O) groups excluding carboxylic acids is 2. The second-order valence-corrected chi connectivity index (χ2v) is 10.5. The van der Waals surface area contributed by atoms with Gasteiger partial charge in [0, 0.05) is 30.5 Å². The molecule has 182 valence electrons. The number of carbonyl (C=O) groups is 2. The smallest absolute Gasteiger partial charge is 0.410 e. The molecule has 2 N–H and O–H groups in total. The zero-order valence-corrected chi connectivity index (χ0v) is 20.6. The number of nitrogens with one attached hydrogen (secondary N) is 2. The van der Waals surface area contributed by atoms with Crippen LogP contribution in [0, 0.1) is 0 Å². The average Bonchev–Trinajstić information content (AvgIpc) is 3.46. The van der Waals surface area contributed by atoms with E-state index < -0.39 is 5.60 Å². The maximum Gasteiger partial charge on any atom is 0.410 e. The number of thiophene rings is 1. The van der Waals surface area contributed by atoms with Crippen LogP contribution in [0.4, 0.5) is 10.5 Å². The lowest BCUT2D eigenvalue weighted by atomic mass is 9.93. The molecule has 9 nitrogen and oxygen atoms in total. The quantitative estimate of drug-likeness (QED) is 0.433. The Kier molecular flexibility index (Phi) is 5.84. The molecule has 0 bridgehead atoms. The zero-order chi connectivity index (χ0) is 24.7. The number of anilines is 1. The van der Waals surface area contributed by atoms with Gasteiger partial charge in [0.15, 0.2) is 0 Å². The highest BCUT2D eigenvalue weighted by molar-refractivity contribution is 7.08. The van der Waals surface area contributed by atoms with E-state index in [1.165, 1.54) is 11.3 Å². The summed E-state index contributed by atoms with van der Waals surface area (Å²) in [4.78, 5) is 42.4. The number of piperidine rings is 1. The van der Waals surface area contributed by atoms with Gasteiger partial charge in [0.1, 0.15) is 11.2 Å². The van der Waals surface area contributed by atoms with Gasteiger partial charge in [0.2, 0.25) is 0 Å². The molecule has 0 radical (unpaired) electrons. The molecule has 0 saturated carbocycles. The monoisotopic (exact) mass is 493 g/mol. The third-order valence-corrected chi connectivity index (χ3v) is 6.74. The summed E-state index contributed by atoms with van der Waals surface area (Å²) >= 11 is 1.45. The molecule has 3 aromatic heterocycles. The van der Waals surface area contributed by atoms with Crippen molar-refractivity contribution in [3.8, 4) is 0 Å². The van der Waals surface area contributed by atoms with E-state index in [1.807, 2.05) is 38.3 Å². The molecule has 1 aliphatic heterocycles. The Hall–Kier alpha value is -3.66. The predicted octanol–water partition coefficient (Wildman–Crippen LogP) is 4.60. The highest BCUT2D eigenvalue weighted by atomic mass is 32.1. The minimum Gasteiger partial charge on any atom is -0.444 e. The van der Waals surface area contributed by atoms with E-state index in [0.29, 0.717) is 53.7 Å². The summed E-state index contributed by atoms with van der Waals surface area (Å²) in [6.45, 7) is 6.63. The van der Waals surface area contributed by atoms with Crippen molar-refractivity contribution >= 4 is 45.6 Å². The molecule has 0 spiro atoms. The highest BCUT2D eigenvalue weighted by Gasteiger charge is 2.29. The average molecular weight is 494 g/mol. The van der Waals surface area contributed by atoms with Crippen molar-refractivity contribution in [2.45, 2.75) is 45.1 Å². The number of amides is 2. The van der Waals surface area contributed by atoms with Crippen LogP contribution in [-0.2, 0) is 4.74 Å². The Morgan fingerprint density at radius 1 is 1.20 bits per heavy atom. The van der Waals surface area contributed by atoms with Crippen LogP contribution in [0.15, 0.2) is 45.9 Å². The zero-order valence-electron chi connectivity index (χ0n) is 19.8. The van der Waals surface area contributed by atoms with Crippen LogP contribution in [0.3, 0.4) is 0 Å². The molecule has 2 amide bonds. The van der Waals surface area contributed by atoms with Gasteiger partial charge < -0.3 is 19.9 Å². The number of fused-ring (bicyclic) bond motifs is 3. The molecule has 0 unspecified atom stereocenters. The standard InChI is InChI=1S/C25H27N5O4S/c1-25(2,3)34-24(33)29-10-7-15(8-11-29)19-13-20(31)27-22-21-17(5-4-6-18(21)28-30(19)22)26-23(32)16-9-12-35-14-16/h4-6,9,12-15H,7-8,10-11H2,1-3H3,(H,26,32)(H,27,31). The Morgan fingerprint density at radius 3 is 2.66 bits per heavy atom. The Labute approximate surface area is 205 Å². The fraction of sp³-hybridized carbons (Fsp3) is 0.360. The Morgan fingerprint density at radius 2 is 1.97 bits per heavy atom. The number of rotatable bonds is 3. The second-order valence-electron chi connectivity index (χ2n) is 9.73. The number of hydrogen-bond donors (Lipinski definition) is 2. The number of aromatic amines is 1. The maximum absolute atomic E-state index is 12.7. The molecule has 10 heteroatoms. The van der Waals surface area contributed by atoms with Gasteiger partial charge in [-0.25, -0.2) is 9.31 Å². The number of benzene rings is 1. The van der Waals surface area contributed by atoms with E-state index in [4.69, 9.17) is 9.84 Å². The molecule has 1 aliphatic rings. The normalized spacial score (nSPS) is 15.0. The van der Waals surface area contributed by atoms with Crippen LogP contribution in [0.5, 0.6) is 0 Å². The first-order valence-corrected chi connectivity index (χ1v) is 12.5. The van der Waals surface area contributed by atoms with Crippen LogP contribution < -0.4 is 10.9 Å². The minimum atomic E-state index is -0.543. The lowest BCUT2D eigenvalue weighted by Crippen LogP contribution is -2.41. The number of likely N-dealkylation sites (tertiary alicyclic amines) is 1. The van der Waals surface area contributed by atoms with Crippen LogP contribution in [0.25, 0.3) is 16.6 Å². The van der Waals surface area contributed by atoms with E-state index in [9.17, 15) is 14.4 Å². The number of ether oxygens (including phenoxy) is 1. The molecule has 0 atom stereocenters. The molecule has 1 aromatic carbocycles. The molecule has 5 rings (SSSR count). The predicted molar refractivity (Wildman–Crippen MR) is 135 cm³/mol. The van der Waals surface area contributed by atoms with Crippen molar-refractivity contribution in [2.75, 3.05) is 18.4 Å². The molecule has 35 heavy (non-hydrogen) atoms. The summed E-state index contributed by atoms with van der Waals surface area (Å²) in [6.07, 6.45) is 1.06. The molecule has 4 aromatic rings. The SMILES string of the molecule is CC(C)(C)OC(=O)N1CCC(c2cc(=O)[nH]c3c4c(NC(=O)c5ccsc5)cccc4nn23)CC1. The van der Waals surface area contributed by atoms with Gasteiger partial charge in [-0.1, -0.05) is 6.07 Å². The topological polar surface area (TPSA) is 109 Å². The van der Waals surface area contributed by atoms with Gasteiger partial charge in [0.05, 0.1) is 27.8 Å². The van der Waals surface area contributed by atoms with Crippen molar-refractivity contribution in [3.63, 3.8) is 0 Å². The van der Waals surface area contributed by atoms with Crippen molar-refractivity contribution < 1.29 is 14.3 Å². The van der Waals surface area contributed by atoms with Crippen molar-refractivity contribution in [1.29, 1.82) is 0 Å². The van der Waals surface area contributed by atoms with E-state index in [1.54, 1.807) is 33.0 Å². The fourth-order valence-corrected chi connectivity index (χ4v) is 5.09. The molecule has 1 fully saturated rings.